The summed E-state index contributed by atoms with van der Waals surface area (Å²) in [5.74, 6) is 0.171. The van der Waals surface area contributed by atoms with Gasteiger partial charge >= 0.3 is 5.97 Å². The molecule has 0 aliphatic carbocycles. The van der Waals surface area contributed by atoms with E-state index in [0.29, 0.717) is 10.9 Å². The zero-order chi connectivity index (χ0) is 18.7. The number of nitrogens with zero attached hydrogens (tertiary/aromatic N) is 1. The van der Waals surface area contributed by atoms with Gasteiger partial charge in [0.05, 0.1) is 18.6 Å². The van der Waals surface area contributed by atoms with E-state index in [1.54, 1.807) is 26.2 Å². The van der Waals surface area contributed by atoms with Crippen molar-refractivity contribution in [1.82, 2.24) is 4.98 Å². The highest BCUT2D eigenvalue weighted by Crippen LogP contribution is 2.38. The van der Waals surface area contributed by atoms with Gasteiger partial charge in [-0.2, -0.15) is 0 Å². The summed E-state index contributed by atoms with van der Waals surface area (Å²) < 4.78 is 10.2. The van der Waals surface area contributed by atoms with Crippen LogP contribution in [-0.2, 0) is 4.74 Å². The lowest BCUT2D eigenvalue weighted by Gasteiger charge is -2.06. The molecule has 3 rings (SSSR count). The van der Waals surface area contributed by atoms with Crippen molar-refractivity contribution in [2.45, 2.75) is 16.7 Å². The minimum atomic E-state index is -0.546. The number of non-ortho nitro benzene ring substituents is 1. The summed E-state index contributed by atoms with van der Waals surface area (Å²) in [4.78, 5) is 27.4. The normalized spacial score (nSPS) is 10.7. The monoisotopic (exact) mass is 372 g/mol. The van der Waals surface area contributed by atoms with Crippen LogP contribution in [0.2, 0.25) is 0 Å². The number of nitro benzene ring substituents is 1. The molecule has 0 amide bonds. The Hall–Kier alpha value is -3.00. The maximum atomic E-state index is 12.0. The molecule has 0 fully saturated rings. The molecule has 8 heteroatoms. The van der Waals surface area contributed by atoms with Gasteiger partial charge in [0.1, 0.15) is 17.0 Å². The Balaban J connectivity index is 2.08. The average Bonchev–Trinajstić information content (AvgIpc) is 3.08. The van der Waals surface area contributed by atoms with Crippen LogP contribution in [0.25, 0.3) is 10.9 Å². The second kappa shape index (κ2) is 7.49. The Labute approximate surface area is 153 Å². The first-order valence-electron chi connectivity index (χ1n) is 7.82. The predicted octanol–water partition coefficient (Wildman–Crippen LogP) is 4.41. The number of fused-ring (bicyclic) bond motifs is 1. The topological polar surface area (TPSA) is 94.5 Å². The fourth-order valence-corrected chi connectivity index (χ4v) is 3.51. The third-order valence-electron chi connectivity index (χ3n) is 3.69. The van der Waals surface area contributed by atoms with Crippen LogP contribution >= 0.6 is 11.8 Å². The molecule has 0 saturated heterocycles. The summed E-state index contributed by atoms with van der Waals surface area (Å²) in [5, 5.41) is 11.9. The molecule has 2 aromatic carbocycles. The quantitative estimate of drug-likeness (QED) is 0.391. The van der Waals surface area contributed by atoms with E-state index in [2.05, 4.69) is 4.98 Å². The average molecular weight is 372 g/mol. The molecule has 0 atom stereocenters. The molecule has 1 N–H and O–H groups in total. The standard InChI is InChI=1S/C18H16N2O5S/c1-3-25-18(21)14-10-13-16(8-7-15(20(22)23)17(13)19-14)26-12-6-4-5-11(9-12)24-2/h4-10,19H,3H2,1-2H3. The third-order valence-corrected chi connectivity index (χ3v) is 4.76. The number of hydrogen-bond acceptors (Lipinski definition) is 6. The van der Waals surface area contributed by atoms with Gasteiger partial charge in [0.15, 0.2) is 0 Å². The number of aromatic nitrogens is 1. The summed E-state index contributed by atoms with van der Waals surface area (Å²) in [5.41, 5.74) is 0.389. The number of aromatic amines is 1. The lowest BCUT2D eigenvalue weighted by molar-refractivity contribution is -0.383. The highest BCUT2D eigenvalue weighted by Gasteiger charge is 2.20. The van der Waals surface area contributed by atoms with Crippen LogP contribution < -0.4 is 4.74 Å². The van der Waals surface area contributed by atoms with Gasteiger partial charge in [0, 0.05) is 21.2 Å². The van der Waals surface area contributed by atoms with E-state index in [-0.39, 0.29) is 18.0 Å². The van der Waals surface area contributed by atoms with Crippen molar-refractivity contribution in [2.24, 2.45) is 0 Å². The minimum Gasteiger partial charge on any atom is -0.497 e. The number of benzene rings is 2. The van der Waals surface area contributed by atoms with Gasteiger partial charge in [-0.25, -0.2) is 4.79 Å². The molecule has 3 aromatic rings. The van der Waals surface area contributed by atoms with Crippen molar-refractivity contribution in [2.75, 3.05) is 13.7 Å². The van der Waals surface area contributed by atoms with Gasteiger partial charge in [-0.1, -0.05) is 17.8 Å². The summed E-state index contributed by atoms with van der Waals surface area (Å²) in [6.07, 6.45) is 0. The number of ether oxygens (including phenoxy) is 2. The summed E-state index contributed by atoms with van der Waals surface area (Å²) in [7, 11) is 1.59. The van der Waals surface area contributed by atoms with Crippen LogP contribution in [0.15, 0.2) is 52.3 Å². The number of nitro groups is 1. The smallest absolute Gasteiger partial charge is 0.354 e. The summed E-state index contributed by atoms with van der Waals surface area (Å²) >= 11 is 1.43. The van der Waals surface area contributed by atoms with E-state index >= 15 is 0 Å². The van der Waals surface area contributed by atoms with Gasteiger partial charge in [-0.3, -0.25) is 10.1 Å². The molecule has 7 nitrogen and oxygen atoms in total. The van der Waals surface area contributed by atoms with Crippen LogP contribution in [0.3, 0.4) is 0 Å². The van der Waals surface area contributed by atoms with Crippen molar-refractivity contribution < 1.29 is 19.2 Å². The Morgan fingerprint density at radius 1 is 1.27 bits per heavy atom. The minimum absolute atomic E-state index is 0.0921. The first-order chi connectivity index (χ1) is 12.5. The second-order valence-corrected chi connectivity index (χ2v) is 6.43. The molecule has 0 spiro atoms. The molecule has 0 unspecified atom stereocenters. The fourth-order valence-electron chi connectivity index (χ4n) is 2.53. The lowest BCUT2D eigenvalue weighted by Crippen LogP contribution is -2.04. The van der Waals surface area contributed by atoms with Crippen LogP contribution in [0.1, 0.15) is 17.4 Å². The van der Waals surface area contributed by atoms with Crippen LogP contribution in [0.5, 0.6) is 5.75 Å². The molecular formula is C18H16N2O5S. The van der Waals surface area contributed by atoms with Crippen molar-refractivity contribution in [3.63, 3.8) is 0 Å². The molecule has 1 heterocycles. The van der Waals surface area contributed by atoms with Crippen molar-refractivity contribution >= 4 is 34.3 Å². The number of esters is 1. The number of rotatable bonds is 6. The highest BCUT2D eigenvalue weighted by molar-refractivity contribution is 7.99. The van der Waals surface area contributed by atoms with Crippen LogP contribution in [0.4, 0.5) is 5.69 Å². The Kier molecular flexibility index (Phi) is 5.13. The van der Waals surface area contributed by atoms with Gasteiger partial charge in [-0.05, 0) is 37.3 Å². The fraction of sp³-hybridized carbons (Fsp3) is 0.167. The number of nitrogens with one attached hydrogen (secondary N) is 1. The zero-order valence-corrected chi connectivity index (χ0v) is 15.0. The third kappa shape index (κ3) is 3.50. The molecule has 0 saturated carbocycles. The molecule has 0 aliphatic rings. The van der Waals surface area contributed by atoms with Gasteiger partial charge in [-0.15, -0.1) is 0 Å². The molecule has 134 valence electrons. The molecule has 0 aliphatic heterocycles. The van der Waals surface area contributed by atoms with Crippen molar-refractivity contribution in [1.29, 1.82) is 0 Å². The number of carbonyl (C=O) groups excluding carboxylic acids is 1. The lowest BCUT2D eigenvalue weighted by atomic mass is 10.2. The van der Waals surface area contributed by atoms with E-state index in [9.17, 15) is 14.9 Å². The Bertz CT molecular complexity index is 983. The largest absolute Gasteiger partial charge is 0.497 e. The maximum absolute atomic E-state index is 12.0. The van der Waals surface area contributed by atoms with E-state index in [4.69, 9.17) is 9.47 Å². The van der Waals surface area contributed by atoms with Crippen LogP contribution in [-0.4, -0.2) is 29.6 Å². The van der Waals surface area contributed by atoms with Gasteiger partial charge in [0.2, 0.25) is 0 Å². The molecule has 26 heavy (non-hydrogen) atoms. The molecule has 1 aromatic heterocycles. The van der Waals surface area contributed by atoms with Gasteiger partial charge in [0.25, 0.3) is 5.69 Å². The summed E-state index contributed by atoms with van der Waals surface area (Å²) in [6.45, 7) is 1.93. The number of carbonyl (C=O) groups is 1. The zero-order valence-electron chi connectivity index (χ0n) is 14.1. The Morgan fingerprint density at radius 2 is 2.08 bits per heavy atom. The molecule has 0 radical (unpaired) electrons. The summed E-state index contributed by atoms with van der Waals surface area (Å²) in [6, 6.07) is 12.2. The first-order valence-corrected chi connectivity index (χ1v) is 8.64. The SMILES string of the molecule is CCOC(=O)c1cc2c(Sc3cccc(OC)c3)ccc([N+](=O)[O-])c2[nH]1. The van der Waals surface area contributed by atoms with Gasteiger partial charge < -0.3 is 14.5 Å². The van der Waals surface area contributed by atoms with Crippen molar-refractivity contribution in [3.05, 3.63) is 58.3 Å². The van der Waals surface area contributed by atoms with E-state index in [0.717, 1.165) is 15.5 Å². The van der Waals surface area contributed by atoms with E-state index in [1.165, 1.54) is 17.8 Å². The maximum Gasteiger partial charge on any atom is 0.354 e. The first kappa shape index (κ1) is 17.8. The van der Waals surface area contributed by atoms with E-state index in [1.807, 2.05) is 24.3 Å². The van der Waals surface area contributed by atoms with Crippen LogP contribution in [0, 0.1) is 10.1 Å². The van der Waals surface area contributed by atoms with E-state index < -0.39 is 10.9 Å². The number of methoxy groups -OCH3 is 1. The molecular weight excluding hydrogens is 356 g/mol. The highest BCUT2D eigenvalue weighted by atomic mass is 32.2. The number of hydrogen-bond donors (Lipinski definition) is 1. The second-order valence-electron chi connectivity index (χ2n) is 5.31. The molecule has 0 bridgehead atoms. The Morgan fingerprint density at radius 3 is 2.77 bits per heavy atom. The number of H-pyrrole nitrogens is 1. The predicted molar refractivity (Wildman–Crippen MR) is 98.0 cm³/mol. The van der Waals surface area contributed by atoms with Crippen molar-refractivity contribution in [3.8, 4) is 5.75 Å².